The van der Waals surface area contributed by atoms with Gasteiger partial charge in [0.1, 0.15) is 0 Å². The SMILES string of the molecule is C/C(=N\c1c(C(C)C)cccc1C(C)C)C1=CCC(/C(C)=N/c2c(C(C)C)cccc2C(C)C)=N1. The number of allylic oxidation sites excluding steroid dienone is 2. The molecule has 0 saturated heterocycles. The number of benzene rings is 2. The first-order valence-corrected chi connectivity index (χ1v) is 13.2. The Morgan fingerprint density at radius 1 is 0.629 bits per heavy atom. The average Bonchev–Trinajstić information content (AvgIpc) is 3.29. The molecule has 0 saturated carbocycles. The highest BCUT2D eigenvalue weighted by Crippen LogP contribution is 2.37. The van der Waals surface area contributed by atoms with Gasteiger partial charge < -0.3 is 0 Å². The van der Waals surface area contributed by atoms with Crippen molar-refractivity contribution in [2.45, 2.75) is 99.3 Å². The molecule has 186 valence electrons. The summed E-state index contributed by atoms with van der Waals surface area (Å²) < 4.78 is 0. The van der Waals surface area contributed by atoms with E-state index in [0.29, 0.717) is 23.7 Å². The molecule has 3 heteroatoms. The summed E-state index contributed by atoms with van der Waals surface area (Å²) in [6.45, 7) is 22.1. The van der Waals surface area contributed by atoms with Crippen LogP contribution in [0.2, 0.25) is 0 Å². The van der Waals surface area contributed by atoms with Gasteiger partial charge in [0.15, 0.2) is 0 Å². The van der Waals surface area contributed by atoms with Crippen molar-refractivity contribution in [2.24, 2.45) is 15.0 Å². The number of aliphatic imine (C=N–C) groups is 3. The normalized spacial score (nSPS) is 15.0. The highest BCUT2D eigenvalue weighted by Gasteiger charge is 2.19. The predicted molar refractivity (Wildman–Crippen MR) is 155 cm³/mol. The van der Waals surface area contributed by atoms with Crippen molar-refractivity contribution in [3.8, 4) is 0 Å². The molecule has 3 rings (SSSR count). The van der Waals surface area contributed by atoms with Crippen LogP contribution in [0.1, 0.15) is 122 Å². The Balaban J connectivity index is 1.98. The second kappa shape index (κ2) is 11.3. The van der Waals surface area contributed by atoms with E-state index in [2.05, 4.69) is 112 Å². The number of rotatable bonds is 8. The van der Waals surface area contributed by atoms with Crippen LogP contribution < -0.4 is 0 Å². The second-order valence-electron chi connectivity index (χ2n) is 10.9. The lowest BCUT2D eigenvalue weighted by molar-refractivity contribution is 0.834. The summed E-state index contributed by atoms with van der Waals surface area (Å²) in [6.07, 6.45) is 2.99. The molecule has 0 aromatic heterocycles. The number of nitrogens with zero attached hydrogens (tertiary/aromatic N) is 3. The molecule has 2 aromatic carbocycles. The molecular weight excluding hydrogens is 426 g/mol. The van der Waals surface area contributed by atoms with Crippen LogP contribution in [0, 0.1) is 0 Å². The molecule has 2 aromatic rings. The summed E-state index contributed by atoms with van der Waals surface area (Å²) in [6, 6.07) is 13.1. The van der Waals surface area contributed by atoms with Crippen molar-refractivity contribution in [2.75, 3.05) is 0 Å². The Kier molecular flexibility index (Phi) is 8.64. The first kappa shape index (κ1) is 26.8. The second-order valence-corrected chi connectivity index (χ2v) is 10.9. The van der Waals surface area contributed by atoms with Gasteiger partial charge in [0, 0.05) is 6.42 Å². The molecule has 0 fully saturated rings. The molecule has 0 unspecified atom stereocenters. The van der Waals surface area contributed by atoms with E-state index >= 15 is 0 Å². The van der Waals surface area contributed by atoms with Crippen LogP contribution in [0.3, 0.4) is 0 Å². The lowest BCUT2D eigenvalue weighted by atomic mass is 9.93. The van der Waals surface area contributed by atoms with Gasteiger partial charge in [-0.15, -0.1) is 0 Å². The maximum Gasteiger partial charge on any atom is 0.0810 e. The quantitative estimate of drug-likeness (QED) is 0.345. The number of hydrogen-bond acceptors (Lipinski definition) is 3. The maximum atomic E-state index is 5.15. The van der Waals surface area contributed by atoms with Crippen LogP contribution in [0.15, 0.2) is 63.1 Å². The minimum absolute atomic E-state index is 0.419. The highest BCUT2D eigenvalue weighted by atomic mass is 14.9. The summed E-state index contributed by atoms with van der Waals surface area (Å²) >= 11 is 0. The molecular formula is C32H43N3. The molecule has 0 atom stereocenters. The van der Waals surface area contributed by atoms with Crippen molar-refractivity contribution in [3.05, 3.63) is 70.4 Å². The van der Waals surface area contributed by atoms with Crippen molar-refractivity contribution >= 4 is 28.5 Å². The van der Waals surface area contributed by atoms with Crippen LogP contribution in [-0.4, -0.2) is 17.1 Å². The third kappa shape index (κ3) is 6.07. The molecule has 1 heterocycles. The Labute approximate surface area is 213 Å². The fourth-order valence-corrected chi connectivity index (χ4v) is 4.63. The molecule has 0 radical (unpaired) electrons. The van der Waals surface area contributed by atoms with Crippen molar-refractivity contribution in [3.63, 3.8) is 0 Å². The van der Waals surface area contributed by atoms with Gasteiger partial charge in [-0.2, -0.15) is 0 Å². The summed E-state index contributed by atoms with van der Waals surface area (Å²) in [5, 5.41) is 0. The van der Waals surface area contributed by atoms with Crippen LogP contribution in [-0.2, 0) is 0 Å². The third-order valence-electron chi connectivity index (χ3n) is 6.78. The van der Waals surface area contributed by atoms with E-state index in [9.17, 15) is 0 Å². The van der Waals surface area contributed by atoms with E-state index in [1.165, 1.54) is 22.3 Å². The average molecular weight is 470 g/mol. The maximum absolute atomic E-state index is 5.15. The van der Waals surface area contributed by atoms with Gasteiger partial charge in [-0.25, -0.2) is 4.99 Å². The highest BCUT2D eigenvalue weighted by molar-refractivity contribution is 6.43. The van der Waals surface area contributed by atoms with Gasteiger partial charge in [-0.3, -0.25) is 9.98 Å². The lowest BCUT2D eigenvalue weighted by Gasteiger charge is -2.17. The zero-order valence-electron chi connectivity index (χ0n) is 23.4. The summed E-state index contributed by atoms with van der Waals surface area (Å²) in [5.74, 6) is 1.68. The first-order chi connectivity index (χ1) is 16.5. The van der Waals surface area contributed by atoms with E-state index in [-0.39, 0.29) is 0 Å². The smallest absolute Gasteiger partial charge is 0.0810 e. The Morgan fingerprint density at radius 3 is 1.37 bits per heavy atom. The van der Waals surface area contributed by atoms with E-state index in [1.54, 1.807) is 0 Å². The zero-order chi connectivity index (χ0) is 25.9. The fraction of sp³-hybridized carbons (Fsp3) is 0.469. The summed E-state index contributed by atoms with van der Waals surface area (Å²) in [7, 11) is 0. The molecule has 0 aliphatic carbocycles. The van der Waals surface area contributed by atoms with E-state index < -0.39 is 0 Å². The molecule has 0 amide bonds. The van der Waals surface area contributed by atoms with E-state index in [0.717, 1.165) is 40.6 Å². The molecule has 3 nitrogen and oxygen atoms in total. The van der Waals surface area contributed by atoms with Crippen molar-refractivity contribution in [1.29, 1.82) is 0 Å². The van der Waals surface area contributed by atoms with Gasteiger partial charge in [-0.1, -0.05) is 97.9 Å². The van der Waals surface area contributed by atoms with Crippen LogP contribution in [0.25, 0.3) is 0 Å². The van der Waals surface area contributed by atoms with E-state index in [1.807, 2.05) is 0 Å². The Bertz CT molecular complexity index is 1130. The first-order valence-electron chi connectivity index (χ1n) is 13.2. The van der Waals surface area contributed by atoms with Crippen LogP contribution >= 0.6 is 0 Å². The number of para-hydroxylation sites is 2. The van der Waals surface area contributed by atoms with Gasteiger partial charge in [0.05, 0.1) is 34.2 Å². The summed E-state index contributed by atoms with van der Waals surface area (Å²) in [4.78, 5) is 15.3. The largest absolute Gasteiger partial charge is 0.251 e. The standard InChI is InChI=1S/C32H43N3/c1-19(2)25-13-11-14-26(20(3)4)31(25)33-23(9)29-17-18-30(35-29)24(10)34-32-27(21(5)6)15-12-16-28(32)22(7)8/h11-17,19-22H,18H2,1-10H3/b33-23+,34-24+. The number of hydrogen-bond donors (Lipinski definition) is 0. The molecule has 0 bridgehead atoms. The minimum atomic E-state index is 0.419. The molecule has 0 spiro atoms. The van der Waals surface area contributed by atoms with Crippen LogP contribution in [0.4, 0.5) is 11.4 Å². The molecule has 35 heavy (non-hydrogen) atoms. The van der Waals surface area contributed by atoms with Crippen LogP contribution in [0.5, 0.6) is 0 Å². The fourth-order valence-electron chi connectivity index (χ4n) is 4.63. The van der Waals surface area contributed by atoms with Gasteiger partial charge in [0.25, 0.3) is 0 Å². The lowest BCUT2D eigenvalue weighted by Crippen LogP contribution is -2.08. The van der Waals surface area contributed by atoms with Gasteiger partial charge in [0.2, 0.25) is 0 Å². The van der Waals surface area contributed by atoms with E-state index in [4.69, 9.17) is 15.0 Å². The topological polar surface area (TPSA) is 37.1 Å². The van der Waals surface area contributed by atoms with Crippen molar-refractivity contribution < 1.29 is 0 Å². The van der Waals surface area contributed by atoms with Gasteiger partial charge in [-0.05, 0) is 59.8 Å². The molecule has 0 N–H and O–H groups in total. The molecule has 1 aliphatic heterocycles. The third-order valence-corrected chi connectivity index (χ3v) is 6.78. The minimum Gasteiger partial charge on any atom is -0.251 e. The predicted octanol–water partition coefficient (Wildman–Crippen LogP) is 9.79. The van der Waals surface area contributed by atoms with Gasteiger partial charge >= 0.3 is 0 Å². The Hall–Kier alpha value is -2.81. The zero-order valence-corrected chi connectivity index (χ0v) is 23.4. The molecule has 1 aliphatic rings. The van der Waals surface area contributed by atoms with Crippen molar-refractivity contribution in [1.82, 2.24) is 0 Å². The monoisotopic (exact) mass is 469 g/mol. The summed E-state index contributed by atoms with van der Waals surface area (Å²) in [5.41, 5.74) is 11.4. The Morgan fingerprint density at radius 2 is 1.00 bits per heavy atom.